The van der Waals surface area contributed by atoms with E-state index in [1.165, 1.54) is 0 Å². The Morgan fingerprint density at radius 3 is 2.11 bits per heavy atom. The molecule has 2 unspecified atom stereocenters. The molecule has 110 valence electrons. The van der Waals surface area contributed by atoms with Gasteiger partial charge in [0.05, 0.1) is 0 Å². The summed E-state index contributed by atoms with van der Waals surface area (Å²) in [5.74, 6) is -3.11. The number of aliphatic carboxylic acids is 2. The van der Waals surface area contributed by atoms with Gasteiger partial charge in [-0.1, -0.05) is 13.0 Å². The second-order valence-electron chi connectivity index (χ2n) is 3.98. The Bertz CT molecular complexity index is 343. The van der Waals surface area contributed by atoms with Gasteiger partial charge in [0.25, 0.3) is 0 Å². The number of halogens is 3. The molecule has 1 aliphatic rings. The number of hydrogen-bond acceptors (Lipinski definition) is 3. The fourth-order valence-corrected chi connectivity index (χ4v) is 1.72. The summed E-state index contributed by atoms with van der Waals surface area (Å²) in [6.45, 7) is 7.32. The van der Waals surface area contributed by atoms with Crippen molar-refractivity contribution in [3.05, 3.63) is 12.7 Å². The van der Waals surface area contributed by atoms with Crippen LogP contribution in [-0.4, -0.2) is 52.4 Å². The highest BCUT2D eigenvalue weighted by atomic mass is 19.4. The summed E-state index contributed by atoms with van der Waals surface area (Å²) in [5, 5.41) is 16.0. The summed E-state index contributed by atoms with van der Waals surface area (Å²) in [4.78, 5) is 21.6. The first-order chi connectivity index (χ1) is 8.63. The van der Waals surface area contributed by atoms with E-state index in [1.54, 1.807) is 0 Å². The number of alkyl halides is 3. The van der Waals surface area contributed by atoms with Gasteiger partial charge >= 0.3 is 18.1 Å². The monoisotopic (exact) mass is 283 g/mol. The minimum Gasteiger partial charge on any atom is -0.480 e. The Hall–Kier alpha value is -1.57. The van der Waals surface area contributed by atoms with Crippen molar-refractivity contribution in [2.24, 2.45) is 5.92 Å². The molecule has 1 saturated heterocycles. The molecule has 0 aromatic carbocycles. The number of carboxylic acids is 2. The summed E-state index contributed by atoms with van der Waals surface area (Å²) >= 11 is 0. The first-order valence-corrected chi connectivity index (χ1v) is 5.53. The van der Waals surface area contributed by atoms with Crippen LogP contribution in [0, 0.1) is 5.92 Å². The third-order valence-corrected chi connectivity index (χ3v) is 2.70. The van der Waals surface area contributed by atoms with Crippen LogP contribution >= 0.6 is 0 Å². The molecule has 1 fully saturated rings. The Balaban J connectivity index is 0.000000399. The molecule has 0 saturated carbocycles. The zero-order valence-corrected chi connectivity index (χ0v) is 10.4. The molecular formula is C11H16F3NO4. The fraction of sp³-hybridized carbons (Fsp3) is 0.636. The summed E-state index contributed by atoms with van der Waals surface area (Å²) in [5.41, 5.74) is 0. The average Bonchev–Trinajstić information content (AvgIpc) is 2.71. The van der Waals surface area contributed by atoms with Gasteiger partial charge in [-0.2, -0.15) is 13.2 Å². The van der Waals surface area contributed by atoms with Crippen LogP contribution in [0.4, 0.5) is 13.2 Å². The summed E-state index contributed by atoms with van der Waals surface area (Å²) < 4.78 is 31.7. The molecule has 1 aliphatic heterocycles. The van der Waals surface area contributed by atoms with Crippen molar-refractivity contribution >= 4 is 11.9 Å². The third kappa shape index (κ3) is 5.73. The second kappa shape index (κ2) is 7.13. The number of likely N-dealkylation sites (tertiary alicyclic amines) is 1. The van der Waals surface area contributed by atoms with E-state index in [-0.39, 0.29) is 6.04 Å². The number of likely N-dealkylation sites (N-methyl/N-ethyl adjacent to an activating group) is 1. The molecule has 0 aromatic heterocycles. The summed E-state index contributed by atoms with van der Waals surface area (Å²) in [6.07, 6.45) is -2.52. The van der Waals surface area contributed by atoms with Crippen LogP contribution in [-0.2, 0) is 9.59 Å². The van der Waals surface area contributed by atoms with E-state index in [4.69, 9.17) is 15.0 Å². The molecule has 5 nitrogen and oxygen atoms in total. The molecule has 19 heavy (non-hydrogen) atoms. The van der Waals surface area contributed by atoms with Crippen LogP contribution in [0.1, 0.15) is 13.3 Å². The molecule has 0 amide bonds. The van der Waals surface area contributed by atoms with Gasteiger partial charge in [0, 0.05) is 6.54 Å². The van der Waals surface area contributed by atoms with Crippen molar-refractivity contribution in [1.29, 1.82) is 0 Å². The SMILES string of the molecule is C=CC1CC(C(=O)O)N(CC)C1.O=C(O)C(F)(F)F. The van der Waals surface area contributed by atoms with Crippen LogP contribution in [0.2, 0.25) is 0 Å². The molecule has 2 atom stereocenters. The minimum atomic E-state index is -5.08. The van der Waals surface area contributed by atoms with Gasteiger partial charge in [-0.05, 0) is 18.9 Å². The van der Waals surface area contributed by atoms with Gasteiger partial charge in [-0.25, -0.2) is 4.79 Å². The van der Waals surface area contributed by atoms with Gasteiger partial charge in [0.15, 0.2) is 0 Å². The lowest BCUT2D eigenvalue weighted by Crippen LogP contribution is -2.35. The zero-order valence-electron chi connectivity index (χ0n) is 10.4. The number of carboxylic acid groups (broad SMARTS) is 2. The Labute approximate surface area is 108 Å². The molecule has 0 radical (unpaired) electrons. The second-order valence-corrected chi connectivity index (χ2v) is 3.98. The largest absolute Gasteiger partial charge is 0.490 e. The van der Waals surface area contributed by atoms with Crippen LogP contribution in [0.15, 0.2) is 12.7 Å². The van der Waals surface area contributed by atoms with Crippen LogP contribution < -0.4 is 0 Å². The van der Waals surface area contributed by atoms with Crippen molar-refractivity contribution in [3.63, 3.8) is 0 Å². The average molecular weight is 283 g/mol. The first-order valence-electron chi connectivity index (χ1n) is 5.53. The van der Waals surface area contributed by atoms with E-state index in [1.807, 2.05) is 17.9 Å². The first kappa shape index (κ1) is 17.4. The van der Waals surface area contributed by atoms with E-state index in [0.717, 1.165) is 13.1 Å². The lowest BCUT2D eigenvalue weighted by Gasteiger charge is -2.17. The van der Waals surface area contributed by atoms with Gasteiger partial charge in [-0.15, -0.1) is 6.58 Å². The lowest BCUT2D eigenvalue weighted by atomic mass is 10.1. The predicted octanol–water partition coefficient (Wildman–Crippen LogP) is 1.60. The van der Waals surface area contributed by atoms with Gasteiger partial charge in [-0.3, -0.25) is 9.69 Å². The van der Waals surface area contributed by atoms with E-state index in [2.05, 4.69) is 6.58 Å². The normalized spacial score (nSPS) is 23.4. The number of nitrogens with zero attached hydrogens (tertiary/aromatic N) is 1. The van der Waals surface area contributed by atoms with Crippen LogP contribution in [0.3, 0.4) is 0 Å². The number of carbonyl (C=O) groups is 2. The Kier molecular flexibility index (Phi) is 6.54. The van der Waals surface area contributed by atoms with Crippen molar-refractivity contribution < 1.29 is 33.0 Å². The Morgan fingerprint density at radius 1 is 1.42 bits per heavy atom. The maximum atomic E-state index is 10.8. The highest BCUT2D eigenvalue weighted by Crippen LogP contribution is 2.23. The summed E-state index contributed by atoms with van der Waals surface area (Å²) in [6, 6.07) is -0.294. The zero-order chi connectivity index (χ0) is 15.2. The number of rotatable bonds is 3. The van der Waals surface area contributed by atoms with Gasteiger partial charge in [0.2, 0.25) is 0 Å². The van der Waals surface area contributed by atoms with Crippen LogP contribution in [0.25, 0.3) is 0 Å². The van der Waals surface area contributed by atoms with Crippen LogP contribution in [0.5, 0.6) is 0 Å². The Morgan fingerprint density at radius 2 is 1.89 bits per heavy atom. The van der Waals surface area contributed by atoms with Crippen molar-refractivity contribution in [2.75, 3.05) is 13.1 Å². The molecule has 2 N–H and O–H groups in total. The van der Waals surface area contributed by atoms with Gasteiger partial charge < -0.3 is 10.2 Å². The van der Waals surface area contributed by atoms with E-state index >= 15 is 0 Å². The van der Waals surface area contributed by atoms with E-state index in [0.29, 0.717) is 12.3 Å². The fourth-order valence-electron chi connectivity index (χ4n) is 1.72. The summed E-state index contributed by atoms with van der Waals surface area (Å²) in [7, 11) is 0. The minimum absolute atomic E-state index is 0.294. The molecule has 0 spiro atoms. The highest BCUT2D eigenvalue weighted by Gasteiger charge is 2.38. The predicted molar refractivity (Wildman–Crippen MR) is 60.7 cm³/mol. The standard InChI is InChI=1S/C9H15NO2.C2HF3O2/c1-3-7-5-8(9(11)12)10(4-2)6-7;3-2(4,5)1(6)7/h3,7-8H,1,4-6H2,2H3,(H,11,12);(H,6,7). The molecule has 0 aromatic rings. The maximum absolute atomic E-state index is 10.8. The lowest BCUT2D eigenvalue weighted by molar-refractivity contribution is -0.192. The van der Waals surface area contributed by atoms with Crippen molar-refractivity contribution in [3.8, 4) is 0 Å². The number of hydrogen-bond donors (Lipinski definition) is 2. The highest BCUT2D eigenvalue weighted by molar-refractivity contribution is 5.74. The van der Waals surface area contributed by atoms with Crippen molar-refractivity contribution in [2.45, 2.75) is 25.6 Å². The molecule has 1 rings (SSSR count). The topological polar surface area (TPSA) is 77.8 Å². The smallest absolute Gasteiger partial charge is 0.480 e. The molecule has 1 heterocycles. The third-order valence-electron chi connectivity index (χ3n) is 2.70. The molecular weight excluding hydrogens is 267 g/mol. The van der Waals surface area contributed by atoms with Crippen molar-refractivity contribution in [1.82, 2.24) is 4.90 Å². The molecule has 0 aliphatic carbocycles. The van der Waals surface area contributed by atoms with E-state index in [9.17, 15) is 18.0 Å². The van der Waals surface area contributed by atoms with E-state index < -0.39 is 18.1 Å². The molecule has 0 bridgehead atoms. The maximum Gasteiger partial charge on any atom is 0.490 e. The molecule has 8 heteroatoms. The van der Waals surface area contributed by atoms with Gasteiger partial charge in [0.1, 0.15) is 6.04 Å². The quantitative estimate of drug-likeness (QED) is 0.769.